The van der Waals surface area contributed by atoms with Crippen molar-refractivity contribution in [2.24, 2.45) is 0 Å². The smallest absolute Gasteiger partial charge is 0.0457 e. The molecular formula is C4H7NS2. The van der Waals surface area contributed by atoms with E-state index >= 15 is 0 Å². The van der Waals surface area contributed by atoms with Crippen molar-refractivity contribution in [2.45, 2.75) is 0 Å². The molecule has 40 valence electrons. The molecule has 0 fully saturated rings. The highest BCUT2D eigenvalue weighted by atomic mass is 32.2. The molecule has 0 aromatic carbocycles. The minimum Gasteiger partial charge on any atom is -0.335 e. The monoisotopic (exact) mass is 133 g/mol. The van der Waals surface area contributed by atoms with Crippen molar-refractivity contribution in [3.63, 3.8) is 0 Å². The number of thioether (sulfide) groups is 1. The Labute approximate surface area is 52.1 Å². The van der Waals surface area contributed by atoms with Gasteiger partial charge in [-0.2, -0.15) is 0 Å². The molecule has 0 aromatic heterocycles. The molecule has 1 heterocycles. The van der Waals surface area contributed by atoms with E-state index in [-0.39, 0.29) is 0 Å². The first kappa shape index (κ1) is 5.38. The Bertz CT molecular complexity index is 89.7. The molecule has 1 aliphatic heterocycles. The van der Waals surface area contributed by atoms with Crippen LogP contribution in [0.15, 0.2) is 11.1 Å². The summed E-state index contributed by atoms with van der Waals surface area (Å²) >= 11 is 3.55. The standard InChI is InChI=1S/C4H7NS2/c1-6-4-2-5-7-3-4/h2,5H,3H2,1H3. The fourth-order valence-electron chi connectivity index (χ4n) is 0.380. The minimum absolute atomic E-state index is 1.14. The number of hydrogen-bond acceptors (Lipinski definition) is 3. The minimum atomic E-state index is 1.14. The maximum absolute atomic E-state index is 3.06. The summed E-state index contributed by atoms with van der Waals surface area (Å²) < 4.78 is 3.06. The summed E-state index contributed by atoms with van der Waals surface area (Å²) in [6.07, 6.45) is 4.15. The lowest BCUT2D eigenvalue weighted by molar-refractivity contribution is 1.45. The van der Waals surface area contributed by atoms with Crippen LogP contribution in [0.3, 0.4) is 0 Å². The van der Waals surface area contributed by atoms with Crippen molar-refractivity contribution in [3.8, 4) is 0 Å². The second-order valence-corrected chi connectivity index (χ2v) is 2.97. The Morgan fingerprint density at radius 2 is 2.86 bits per heavy atom. The zero-order valence-electron chi connectivity index (χ0n) is 4.10. The summed E-state index contributed by atoms with van der Waals surface area (Å²) in [4.78, 5) is 1.44. The lowest BCUT2D eigenvalue weighted by Gasteiger charge is -1.85. The first-order chi connectivity index (χ1) is 3.43. The molecule has 0 aromatic rings. The maximum Gasteiger partial charge on any atom is 0.0457 e. The molecule has 0 spiro atoms. The van der Waals surface area contributed by atoms with Crippen molar-refractivity contribution in [1.29, 1.82) is 0 Å². The van der Waals surface area contributed by atoms with Gasteiger partial charge in [-0.1, -0.05) is 0 Å². The van der Waals surface area contributed by atoms with Crippen LogP contribution in [0.2, 0.25) is 0 Å². The highest BCUT2D eigenvalue weighted by Crippen LogP contribution is 2.20. The Balaban J connectivity index is 2.36. The van der Waals surface area contributed by atoms with Crippen molar-refractivity contribution in [2.75, 3.05) is 12.0 Å². The van der Waals surface area contributed by atoms with Crippen molar-refractivity contribution in [3.05, 3.63) is 11.1 Å². The van der Waals surface area contributed by atoms with Crippen LogP contribution in [-0.4, -0.2) is 12.0 Å². The molecule has 0 aliphatic carbocycles. The fourth-order valence-corrected chi connectivity index (χ4v) is 1.81. The molecule has 0 saturated carbocycles. The van der Waals surface area contributed by atoms with Gasteiger partial charge in [0.25, 0.3) is 0 Å². The van der Waals surface area contributed by atoms with E-state index in [1.54, 1.807) is 11.9 Å². The molecule has 1 nitrogen and oxygen atoms in total. The lowest BCUT2D eigenvalue weighted by atomic mass is 10.7. The topological polar surface area (TPSA) is 12.0 Å². The molecule has 0 radical (unpaired) electrons. The van der Waals surface area contributed by atoms with Gasteiger partial charge in [0.15, 0.2) is 0 Å². The predicted molar refractivity (Wildman–Crippen MR) is 37.2 cm³/mol. The van der Waals surface area contributed by atoms with E-state index in [9.17, 15) is 0 Å². The van der Waals surface area contributed by atoms with E-state index < -0.39 is 0 Å². The van der Waals surface area contributed by atoms with Crippen LogP contribution in [0.5, 0.6) is 0 Å². The second kappa shape index (κ2) is 2.52. The van der Waals surface area contributed by atoms with E-state index in [4.69, 9.17) is 0 Å². The zero-order chi connectivity index (χ0) is 5.11. The molecule has 0 bridgehead atoms. The first-order valence-electron chi connectivity index (χ1n) is 2.04. The van der Waals surface area contributed by atoms with Gasteiger partial charge in [0.2, 0.25) is 0 Å². The van der Waals surface area contributed by atoms with Gasteiger partial charge in [0, 0.05) is 16.9 Å². The maximum atomic E-state index is 3.06. The predicted octanol–water partition coefficient (Wildman–Crippen LogP) is 1.44. The Morgan fingerprint density at radius 3 is 3.14 bits per heavy atom. The molecule has 0 unspecified atom stereocenters. The fraction of sp³-hybridized carbons (Fsp3) is 0.500. The normalized spacial score (nSPS) is 18.7. The number of rotatable bonds is 1. The molecule has 1 N–H and O–H groups in total. The molecule has 0 saturated heterocycles. The van der Waals surface area contributed by atoms with Crippen LogP contribution in [-0.2, 0) is 0 Å². The molecule has 0 atom stereocenters. The average molecular weight is 133 g/mol. The summed E-state index contributed by atoms with van der Waals surface area (Å²) in [5.41, 5.74) is 0. The van der Waals surface area contributed by atoms with E-state index in [0.717, 1.165) is 5.75 Å². The van der Waals surface area contributed by atoms with Crippen molar-refractivity contribution < 1.29 is 0 Å². The number of hydrogen-bond donors (Lipinski definition) is 1. The van der Waals surface area contributed by atoms with Gasteiger partial charge in [-0.3, -0.25) is 0 Å². The molecule has 1 aliphatic rings. The summed E-state index contributed by atoms with van der Waals surface area (Å²) in [5, 5.41) is 0. The Kier molecular flexibility index (Phi) is 1.94. The van der Waals surface area contributed by atoms with Crippen molar-refractivity contribution >= 4 is 23.7 Å². The van der Waals surface area contributed by atoms with Gasteiger partial charge in [0.05, 0.1) is 0 Å². The SMILES string of the molecule is CSC1=CNSC1. The van der Waals surface area contributed by atoms with Crippen molar-refractivity contribution in [1.82, 2.24) is 4.72 Å². The molecule has 0 amide bonds. The van der Waals surface area contributed by atoms with E-state index in [0.29, 0.717) is 0 Å². The Morgan fingerprint density at radius 1 is 2.00 bits per heavy atom. The first-order valence-corrected chi connectivity index (χ1v) is 4.25. The van der Waals surface area contributed by atoms with Crippen LogP contribution >= 0.6 is 23.7 Å². The van der Waals surface area contributed by atoms with Gasteiger partial charge in [-0.15, -0.1) is 11.8 Å². The third-order valence-corrected chi connectivity index (χ3v) is 2.49. The molecule has 3 heteroatoms. The van der Waals surface area contributed by atoms with Gasteiger partial charge < -0.3 is 4.72 Å². The second-order valence-electron chi connectivity index (χ2n) is 1.22. The molecular weight excluding hydrogens is 126 g/mol. The largest absolute Gasteiger partial charge is 0.335 e. The van der Waals surface area contributed by atoms with Crippen LogP contribution in [0.4, 0.5) is 0 Å². The number of nitrogens with one attached hydrogen (secondary N) is 1. The summed E-state index contributed by atoms with van der Waals surface area (Å²) in [6.45, 7) is 0. The van der Waals surface area contributed by atoms with Gasteiger partial charge in [0.1, 0.15) is 0 Å². The summed E-state index contributed by atoms with van der Waals surface area (Å²) in [6, 6.07) is 0. The average Bonchev–Trinajstić information content (AvgIpc) is 2.14. The van der Waals surface area contributed by atoms with Crippen LogP contribution in [0, 0.1) is 0 Å². The third-order valence-electron chi connectivity index (χ3n) is 0.780. The van der Waals surface area contributed by atoms with Crippen LogP contribution < -0.4 is 4.72 Å². The van der Waals surface area contributed by atoms with E-state index in [1.165, 1.54) is 4.91 Å². The van der Waals surface area contributed by atoms with Gasteiger partial charge in [-0.05, 0) is 18.2 Å². The summed E-state index contributed by atoms with van der Waals surface area (Å²) in [7, 11) is 0. The third kappa shape index (κ3) is 1.31. The highest BCUT2D eigenvalue weighted by Gasteiger charge is 1.99. The van der Waals surface area contributed by atoms with E-state index in [2.05, 4.69) is 17.2 Å². The highest BCUT2D eigenvalue weighted by molar-refractivity contribution is 8.05. The Hall–Kier alpha value is 0.240. The van der Waals surface area contributed by atoms with E-state index in [1.807, 2.05) is 11.8 Å². The summed E-state index contributed by atoms with van der Waals surface area (Å²) in [5.74, 6) is 1.14. The molecule has 1 rings (SSSR count). The van der Waals surface area contributed by atoms with Gasteiger partial charge in [-0.25, -0.2) is 0 Å². The quantitative estimate of drug-likeness (QED) is 0.544. The van der Waals surface area contributed by atoms with Crippen LogP contribution in [0.1, 0.15) is 0 Å². The van der Waals surface area contributed by atoms with Gasteiger partial charge >= 0.3 is 0 Å². The lowest BCUT2D eigenvalue weighted by Crippen LogP contribution is -1.78. The molecule has 7 heavy (non-hydrogen) atoms. The van der Waals surface area contributed by atoms with Crippen LogP contribution in [0.25, 0.3) is 0 Å². The zero-order valence-corrected chi connectivity index (χ0v) is 5.73.